The molecule has 1 N–H and O–H groups in total. The highest BCUT2D eigenvalue weighted by molar-refractivity contribution is 6.07. The van der Waals surface area contributed by atoms with Gasteiger partial charge in [0.1, 0.15) is 12.3 Å². The Hall–Kier alpha value is -2.96. The summed E-state index contributed by atoms with van der Waals surface area (Å²) in [6.45, 7) is 8.31. The highest BCUT2D eigenvalue weighted by Crippen LogP contribution is 2.24. The summed E-state index contributed by atoms with van der Waals surface area (Å²) in [6.07, 6.45) is 0. The first-order valence-corrected chi connectivity index (χ1v) is 8.05. The summed E-state index contributed by atoms with van der Waals surface area (Å²) in [6, 6.07) is 5.76. The summed E-state index contributed by atoms with van der Waals surface area (Å²) < 4.78 is 9.97. The van der Waals surface area contributed by atoms with Crippen molar-refractivity contribution in [2.75, 3.05) is 13.2 Å². The number of amides is 1. The van der Waals surface area contributed by atoms with Crippen LogP contribution in [0.2, 0.25) is 0 Å². The molecule has 0 saturated carbocycles. The van der Waals surface area contributed by atoms with Crippen LogP contribution in [-0.4, -0.2) is 34.4 Å². The van der Waals surface area contributed by atoms with E-state index in [1.54, 1.807) is 13.0 Å². The molecule has 0 aliphatic carbocycles. The van der Waals surface area contributed by atoms with Crippen LogP contribution < -0.4 is 10.1 Å². The van der Waals surface area contributed by atoms with Gasteiger partial charge in [-0.2, -0.15) is 0 Å². The number of aryl methyl sites for hydroxylation is 4. The van der Waals surface area contributed by atoms with E-state index < -0.39 is 0 Å². The van der Waals surface area contributed by atoms with Gasteiger partial charge >= 0.3 is 0 Å². The van der Waals surface area contributed by atoms with Crippen LogP contribution in [0.25, 0.3) is 10.9 Å². The molecule has 3 aromatic rings. The van der Waals surface area contributed by atoms with Gasteiger partial charge in [-0.25, -0.2) is 4.63 Å². The lowest BCUT2D eigenvalue weighted by molar-refractivity contribution is 0.0947. The van der Waals surface area contributed by atoms with Crippen LogP contribution in [-0.2, 0) is 0 Å². The van der Waals surface area contributed by atoms with Crippen LogP contribution in [0.5, 0.6) is 5.88 Å². The Morgan fingerprint density at radius 3 is 2.72 bits per heavy atom. The van der Waals surface area contributed by atoms with Gasteiger partial charge in [0.2, 0.25) is 0 Å². The van der Waals surface area contributed by atoms with E-state index in [4.69, 9.17) is 4.74 Å². The first-order valence-electron chi connectivity index (χ1n) is 8.05. The number of carbonyl (C=O) groups is 1. The fourth-order valence-electron chi connectivity index (χ4n) is 2.61. The van der Waals surface area contributed by atoms with Crippen LogP contribution in [0.4, 0.5) is 0 Å². The monoisotopic (exact) mass is 340 g/mol. The van der Waals surface area contributed by atoms with Crippen molar-refractivity contribution in [3.8, 4) is 5.88 Å². The Labute approximate surface area is 145 Å². The van der Waals surface area contributed by atoms with Crippen LogP contribution in [0.3, 0.4) is 0 Å². The predicted octanol–water partition coefficient (Wildman–Crippen LogP) is 2.66. The number of nitrogens with zero attached hydrogens (tertiary/aromatic N) is 3. The maximum Gasteiger partial charge on any atom is 0.278 e. The van der Waals surface area contributed by atoms with E-state index in [0.29, 0.717) is 23.7 Å². The van der Waals surface area contributed by atoms with Gasteiger partial charge in [-0.05, 0) is 50.0 Å². The van der Waals surface area contributed by atoms with Gasteiger partial charge in [0.05, 0.1) is 17.6 Å². The van der Waals surface area contributed by atoms with Gasteiger partial charge in [-0.1, -0.05) is 17.3 Å². The van der Waals surface area contributed by atoms with Crippen molar-refractivity contribution >= 4 is 16.8 Å². The molecule has 0 aliphatic heterocycles. The number of aromatic nitrogens is 3. The van der Waals surface area contributed by atoms with Crippen molar-refractivity contribution in [2.24, 2.45) is 0 Å². The summed E-state index contributed by atoms with van der Waals surface area (Å²) in [5, 5.41) is 11.0. The lowest BCUT2D eigenvalue weighted by Gasteiger charge is -2.12. The Morgan fingerprint density at radius 1 is 1.20 bits per heavy atom. The van der Waals surface area contributed by atoms with E-state index in [1.807, 2.05) is 32.9 Å². The molecule has 7 heteroatoms. The van der Waals surface area contributed by atoms with Gasteiger partial charge in [0.25, 0.3) is 11.8 Å². The normalized spacial score (nSPS) is 10.9. The van der Waals surface area contributed by atoms with Crippen LogP contribution in [0.1, 0.15) is 32.9 Å². The smallest absolute Gasteiger partial charge is 0.278 e. The lowest BCUT2D eigenvalue weighted by atomic mass is 10.0. The summed E-state index contributed by atoms with van der Waals surface area (Å²) in [4.78, 5) is 17.2. The van der Waals surface area contributed by atoms with Crippen LogP contribution in [0, 0.1) is 27.7 Å². The van der Waals surface area contributed by atoms with E-state index in [2.05, 4.69) is 25.2 Å². The minimum atomic E-state index is -0.155. The zero-order valence-electron chi connectivity index (χ0n) is 14.7. The van der Waals surface area contributed by atoms with Gasteiger partial charge < -0.3 is 10.1 Å². The average Bonchev–Trinajstić information content (AvgIpc) is 2.99. The van der Waals surface area contributed by atoms with E-state index in [-0.39, 0.29) is 12.5 Å². The Morgan fingerprint density at radius 2 is 2.00 bits per heavy atom. The second kappa shape index (κ2) is 6.88. The molecule has 0 atom stereocenters. The molecule has 25 heavy (non-hydrogen) atoms. The SMILES string of the molecule is Cc1cc(C(=O)NCCOc2nonc2C)c2ccc(C)c(C)c2n1. The lowest BCUT2D eigenvalue weighted by Crippen LogP contribution is -2.28. The number of pyridine rings is 1. The standard InChI is InChI=1S/C18H20N4O3/c1-10-5-6-14-15(9-11(2)20-16(14)12(10)3)17(23)19-7-8-24-18-13(4)21-25-22-18/h5-6,9H,7-8H2,1-4H3,(H,19,23). The van der Waals surface area contributed by atoms with E-state index in [1.165, 1.54) is 0 Å². The van der Waals surface area contributed by atoms with Crippen molar-refractivity contribution in [1.29, 1.82) is 0 Å². The molecule has 1 amide bonds. The maximum atomic E-state index is 12.6. The quantitative estimate of drug-likeness (QED) is 0.718. The van der Waals surface area contributed by atoms with Crippen LogP contribution >= 0.6 is 0 Å². The average molecular weight is 340 g/mol. The maximum absolute atomic E-state index is 12.6. The van der Waals surface area contributed by atoms with Crippen molar-refractivity contribution in [3.05, 3.63) is 46.3 Å². The third-order valence-corrected chi connectivity index (χ3v) is 4.12. The van der Waals surface area contributed by atoms with E-state index >= 15 is 0 Å². The number of carbonyl (C=O) groups excluding carboxylic acids is 1. The fraction of sp³-hybridized carbons (Fsp3) is 0.333. The Kier molecular flexibility index (Phi) is 4.65. The molecule has 0 unspecified atom stereocenters. The van der Waals surface area contributed by atoms with Crippen molar-refractivity contribution in [2.45, 2.75) is 27.7 Å². The minimum absolute atomic E-state index is 0.155. The molecule has 0 fully saturated rings. The van der Waals surface area contributed by atoms with E-state index in [0.717, 1.165) is 27.7 Å². The Balaban J connectivity index is 1.74. The van der Waals surface area contributed by atoms with Gasteiger partial charge in [-0.3, -0.25) is 9.78 Å². The zero-order valence-corrected chi connectivity index (χ0v) is 14.7. The number of hydrogen-bond acceptors (Lipinski definition) is 6. The molecular formula is C18H20N4O3. The number of rotatable bonds is 5. The third-order valence-electron chi connectivity index (χ3n) is 4.12. The molecule has 2 heterocycles. The topological polar surface area (TPSA) is 90.1 Å². The highest BCUT2D eigenvalue weighted by Gasteiger charge is 2.14. The van der Waals surface area contributed by atoms with Crippen LogP contribution in [0.15, 0.2) is 22.8 Å². The zero-order chi connectivity index (χ0) is 18.0. The molecule has 2 aromatic heterocycles. The van der Waals surface area contributed by atoms with Crippen molar-refractivity contribution in [1.82, 2.24) is 20.6 Å². The second-order valence-corrected chi connectivity index (χ2v) is 5.97. The molecule has 7 nitrogen and oxygen atoms in total. The van der Waals surface area contributed by atoms with Gasteiger partial charge in [-0.15, -0.1) is 0 Å². The first kappa shape index (κ1) is 16.9. The number of benzene rings is 1. The molecule has 0 bridgehead atoms. The molecule has 1 aromatic carbocycles. The van der Waals surface area contributed by atoms with Crippen molar-refractivity contribution in [3.63, 3.8) is 0 Å². The second-order valence-electron chi connectivity index (χ2n) is 5.97. The summed E-state index contributed by atoms with van der Waals surface area (Å²) in [5.41, 5.74) is 5.12. The van der Waals surface area contributed by atoms with Crippen molar-refractivity contribution < 1.29 is 14.2 Å². The van der Waals surface area contributed by atoms with E-state index in [9.17, 15) is 4.79 Å². The number of hydrogen-bond donors (Lipinski definition) is 1. The summed E-state index contributed by atoms with van der Waals surface area (Å²) in [5.74, 6) is 0.183. The van der Waals surface area contributed by atoms with Gasteiger partial charge in [0, 0.05) is 11.1 Å². The molecule has 0 radical (unpaired) electrons. The first-order chi connectivity index (χ1) is 12.0. The molecule has 0 aliphatic rings. The van der Waals surface area contributed by atoms with Gasteiger partial charge in [0.15, 0.2) is 0 Å². The molecule has 0 spiro atoms. The predicted molar refractivity (Wildman–Crippen MR) is 92.8 cm³/mol. The molecule has 3 rings (SSSR count). The largest absolute Gasteiger partial charge is 0.472 e. The highest BCUT2D eigenvalue weighted by atomic mass is 16.6. The molecule has 130 valence electrons. The summed E-state index contributed by atoms with van der Waals surface area (Å²) in [7, 11) is 0. The minimum Gasteiger partial charge on any atom is -0.472 e. The summed E-state index contributed by atoms with van der Waals surface area (Å²) >= 11 is 0. The fourth-order valence-corrected chi connectivity index (χ4v) is 2.61. The molecular weight excluding hydrogens is 320 g/mol. The Bertz CT molecular complexity index is 933. The number of fused-ring (bicyclic) bond motifs is 1. The number of nitrogens with one attached hydrogen (secondary N) is 1. The molecule has 0 saturated heterocycles. The number of ether oxygens (including phenoxy) is 1. The third kappa shape index (κ3) is 3.45.